The summed E-state index contributed by atoms with van der Waals surface area (Å²) in [5.74, 6) is 0.804. The lowest BCUT2D eigenvalue weighted by molar-refractivity contribution is 0.0951. The third-order valence-electron chi connectivity index (χ3n) is 2.54. The van der Waals surface area contributed by atoms with E-state index in [1.807, 2.05) is 0 Å². The number of carbonyl (C=O) groups is 1. The van der Waals surface area contributed by atoms with Crippen LogP contribution in [-0.2, 0) is 0 Å². The third-order valence-corrected chi connectivity index (χ3v) is 3.17. The molecule has 4 heteroatoms. The normalized spacial score (nSPS) is 15.0. The standard InChI is InChI=1S/C11H13BrN2O/c12-10-9(2-1-6-13-10)11(15)14-7-5-8-3-4-8/h1-2,6,8H,3-5,7H2,(H,14,15). The van der Waals surface area contributed by atoms with Gasteiger partial charge in [-0.3, -0.25) is 4.79 Å². The van der Waals surface area contributed by atoms with E-state index in [1.165, 1.54) is 12.8 Å². The zero-order valence-corrected chi connectivity index (χ0v) is 9.96. The maximum atomic E-state index is 11.7. The van der Waals surface area contributed by atoms with Gasteiger partial charge in [-0.1, -0.05) is 12.8 Å². The molecule has 0 aliphatic heterocycles. The van der Waals surface area contributed by atoms with Crippen molar-refractivity contribution in [3.05, 3.63) is 28.5 Å². The first-order chi connectivity index (χ1) is 7.27. The minimum Gasteiger partial charge on any atom is -0.352 e. The van der Waals surface area contributed by atoms with Crippen LogP contribution in [0.3, 0.4) is 0 Å². The number of aromatic nitrogens is 1. The average Bonchev–Trinajstić information content (AvgIpc) is 3.02. The summed E-state index contributed by atoms with van der Waals surface area (Å²) < 4.78 is 0.605. The van der Waals surface area contributed by atoms with Crippen molar-refractivity contribution in [2.75, 3.05) is 6.54 Å². The summed E-state index contributed by atoms with van der Waals surface area (Å²) in [6.07, 6.45) is 5.41. The second kappa shape index (κ2) is 4.75. The van der Waals surface area contributed by atoms with Crippen LogP contribution in [-0.4, -0.2) is 17.4 Å². The molecule has 0 radical (unpaired) electrons. The highest BCUT2D eigenvalue weighted by Gasteiger charge is 2.20. The Morgan fingerprint density at radius 1 is 1.60 bits per heavy atom. The molecule has 80 valence electrons. The fraction of sp³-hybridized carbons (Fsp3) is 0.455. The van der Waals surface area contributed by atoms with Gasteiger partial charge in [-0.25, -0.2) is 4.98 Å². The molecule has 3 nitrogen and oxygen atoms in total. The molecule has 0 bridgehead atoms. The second-order valence-electron chi connectivity index (χ2n) is 3.83. The third kappa shape index (κ3) is 3.02. The summed E-state index contributed by atoms with van der Waals surface area (Å²) in [7, 11) is 0. The van der Waals surface area contributed by atoms with Crippen LogP contribution >= 0.6 is 15.9 Å². The Kier molecular flexibility index (Phi) is 3.36. The van der Waals surface area contributed by atoms with Crippen LogP contribution < -0.4 is 5.32 Å². The quantitative estimate of drug-likeness (QED) is 0.853. The predicted molar refractivity (Wildman–Crippen MR) is 61.6 cm³/mol. The number of hydrogen-bond acceptors (Lipinski definition) is 2. The summed E-state index contributed by atoms with van der Waals surface area (Å²) in [5, 5.41) is 2.90. The van der Waals surface area contributed by atoms with Crippen LogP contribution in [0.15, 0.2) is 22.9 Å². The number of carbonyl (C=O) groups excluding carboxylic acids is 1. The Bertz CT molecular complexity index is 363. The van der Waals surface area contributed by atoms with Crippen molar-refractivity contribution in [2.45, 2.75) is 19.3 Å². The van der Waals surface area contributed by atoms with Crippen molar-refractivity contribution >= 4 is 21.8 Å². The fourth-order valence-electron chi connectivity index (χ4n) is 1.45. The highest BCUT2D eigenvalue weighted by atomic mass is 79.9. The molecule has 1 amide bonds. The SMILES string of the molecule is O=C(NCCC1CC1)c1cccnc1Br. The van der Waals surface area contributed by atoms with Gasteiger partial charge in [0.05, 0.1) is 5.56 Å². The van der Waals surface area contributed by atoms with Crippen LogP contribution in [0.2, 0.25) is 0 Å². The second-order valence-corrected chi connectivity index (χ2v) is 4.58. The topological polar surface area (TPSA) is 42.0 Å². The van der Waals surface area contributed by atoms with Gasteiger partial charge in [-0.2, -0.15) is 0 Å². The number of pyridine rings is 1. The fourth-order valence-corrected chi connectivity index (χ4v) is 1.88. The van der Waals surface area contributed by atoms with E-state index in [9.17, 15) is 4.79 Å². The van der Waals surface area contributed by atoms with E-state index < -0.39 is 0 Å². The van der Waals surface area contributed by atoms with Gasteiger partial charge in [0.2, 0.25) is 0 Å². The van der Waals surface area contributed by atoms with Crippen molar-refractivity contribution in [1.29, 1.82) is 0 Å². The molecule has 1 N–H and O–H groups in total. The number of amides is 1. The Balaban J connectivity index is 1.86. The first-order valence-electron chi connectivity index (χ1n) is 5.16. The lowest BCUT2D eigenvalue weighted by atomic mass is 10.2. The minimum atomic E-state index is -0.0457. The molecule has 0 aromatic carbocycles. The van der Waals surface area contributed by atoms with Gasteiger partial charge < -0.3 is 5.32 Å². The number of halogens is 1. The predicted octanol–water partition coefficient (Wildman–Crippen LogP) is 2.37. The molecular formula is C11H13BrN2O. The molecule has 1 saturated carbocycles. The van der Waals surface area contributed by atoms with Gasteiger partial charge in [-0.15, -0.1) is 0 Å². The van der Waals surface area contributed by atoms with Crippen LogP contribution in [0.4, 0.5) is 0 Å². The van der Waals surface area contributed by atoms with Crippen molar-refractivity contribution < 1.29 is 4.79 Å². The van der Waals surface area contributed by atoms with Gasteiger partial charge in [-0.05, 0) is 40.4 Å². The van der Waals surface area contributed by atoms with E-state index in [2.05, 4.69) is 26.2 Å². The summed E-state index contributed by atoms with van der Waals surface area (Å²) in [4.78, 5) is 15.7. The molecule has 0 atom stereocenters. The molecule has 1 aliphatic rings. The van der Waals surface area contributed by atoms with Crippen molar-refractivity contribution in [2.24, 2.45) is 5.92 Å². The zero-order chi connectivity index (χ0) is 10.7. The molecule has 2 rings (SSSR count). The number of hydrogen-bond donors (Lipinski definition) is 1. The molecule has 0 saturated heterocycles. The Hall–Kier alpha value is -0.900. The zero-order valence-electron chi connectivity index (χ0n) is 8.37. The number of nitrogens with zero attached hydrogens (tertiary/aromatic N) is 1. The summed E-state index contributed by atoms with van der Waals surface area (Å²) in [5.41, 5.74) is 0.605. The molecule has 1 heterocycles. The van der Waals surface area contributed by atoms with Crippen LogP contribution in [0, 0.1) is 5.92 Å². The smallest absolute Gasteiger partial charge is 0.254 e. The molecule has 1 aromatic rings. The van der Waals surface area contributed by atoms with E-state index in [0.717, 1.165) is 18.9 Å². The van der Waals surface area contributed by atoms with E-state index in [-0.39, 0.29) is 5.91 Å². The summed E-state index contributed by atoms with van der Waals surface area (Å²) in [6, 6.07) is 3.53. The van der Waals surface area contributed by atoms with Gasteiger partial charge in [0, 0.05) is 12.7 Å². The van der Waals surface area contributed by atoms with Gasteiger partial charge >= 0.3 is 0 Å². The molecule has 1 aliphatic carbocycles. The monoisotopic (exact) mass is 268 g/mol. The van der Waals surface area contributed by atoms with Gasteiger partial charge in [0.25, 0.3) is 5.91 Å². The van der Waals surface area contributed by atoms with Crippen LogP contribution in [0.25, 0.3) is 0 Å². The van der Waals surface area contributed by atoms with Crippen molar-refractivity contribution in [1.82, 2.24) is 10.3 Å². The highest BCUT2D eigenvalue weighted by Crippen LogP contribution is 2.31. The maximum Gasteiger partial charge on any atom is 0.254 e. The molecule has 15 heavy (non-hydrogen) atoms. The average molecular weight is 269 g/mol. The highest BCUT2D eigenvalue weighted by molar-refractivity contribution is 9.10. The molecule has 0 unspecified atom stereocenters. The largest absolute Gasteiger partial charge is 0.352 e. The van der Waals surface area contributed by atoms with E-state index in [4.69, 9.17) is 0 Å². The Morgan fingerprint density at radius 3 is 3.07 bits per heavy atom. The molecule has 0 spiro atoms. The van der Waals surface area contributed by atoms with E-state index >= 15 is 0 Å². The summed E-state index contributed by atoms with van der Waals surface area (Å²) >= 11 is 3.26. The lowest BCUT2D eigenvalue weighted by Crippen LogP contribution is -2.25. The van der Waals surface area contributed by atoms with E-state index in [1.54, 1.807) is 18.3 Å². The molecule has 1 aromatic heterocycles. The van der Waals surface area contributed by atoms with Gasteiger partial charge in [0.1, 0.15) is 4.60 Å². The van der Waals surface area contributed by atoms with Crippen molar-refractivity contribution in [3.8, 4) is 0 Å². The Morgan fingerprint density at radius 2 is 2.40 bits per heavy atom. The number of rotatable bonds is 4. The van der Waals surface area contributed by atoms with Crippen molar-refractivity contribution in [3.63, 3.8) is 0 Å². The van der Waals surface area contributed by atoms with Crippen LogP contribution in [0.1, 0.15) is 29.6 Å². The van der Waals surface area contributed by atoms with E-state index in [0.29, 0.717) is 10.2 Å². The van der Waals surface area contributed by atoms with Gasteiger partial charge in [0.15, 0.2) is 0 Å². The van der Waals surface area contributed by atoms with Crippen LogP contribution in [0.5, 0.6) is 0 Å². The number of nitrogens with one attached hydrogen (secondary N) is 1. The lowest BCUT2D eigenvalue weighted by Gasteiger charge is -2.05. The first kappa shape index (κ1) is 10.6. The summed E-state index contributed by atoms with van der Waals surface area (Å²) in [6.45, 7) is 0.769. The molecule has 1 fully saturated rings. The Labute approximate surface area is 97.4 Å². The minimum absolute atomic E-state index is 0.0457. The maximum absolute atomic E-state index is 11.7. The first-order valence-corrected chi connectivity index (χ1v) is 5.95. The molecular weight excluding hydrogens is 256 g/mol.